The molecule has 3 aromatic carbocycles. The Bertz CT molecular complexity index is 1190. The third kappa shape index (κ3) is 3.78. The lowest BCUT2D eigenvalue weighted by molar-refractivity contribution is 0.0985. The zero-order valence-corrected chi connectivity index (χ0v) is 16.6. The van der Waals surface area contributed by atoms with Crippen molar-refractivity contribution in [1.82, 2.24) is 0 Å². The van der Waals surface area contributed by atoms with Gasteiger partial charge in [-0.2, -0.15) is 0 Å². The van der Waals surface area contributed by atoms with Crippen LogP contribution in [0.2, 0.25) is 0 Å². The minimum Gasteiger partial charge on any atom is -0.308 e. The molecule has 0 spiro atoms. The Balaban J connectivity index is 1.64. The lowest BCUT2D eigenvalue weighted by Crippen LogP contribution is -2.35. The minimum absolute atomic E-state index is 0.140. The maximum atomic E-state index is 13.9. The highest BCUT2D eigenvalue weighted by Gasteiger charge is 2.26. The molecule has 0 fully saturated rings. The number of amides is 1. The van der Waals surface area contributed by atoms with Crippen LogP contribution in [-0.2, 0) is 16.4 Å². The number of carbonyl (C=O) groups is 1. The van der Waals surface area contributed by atoms with E-state index in [2.05, 4.69) is 4.72 Å². The molecule has 3 aromatic rings. The van der Waals surface area contributed by atoms with E-state index in [1.807, 2.05) is 6.07 Å². The van der Waals surface area contributed by atoms with Crippen molar-refractivity contribution in [3.8, 4) is 0 Å². The van der Waals surface area contributed by atoms with E-state index in [1.165, 1.54) is 6.07 Å². The highest BCUT2D eigenvalue weighted by molar-refractivity contribution is 7.92. The summed E-state index contributed by atoms with van der Waals surface area (Å²) in [7, 11) is -4.45. The summed E-state index contributed by atoms with van der Waals surface area (Å²) in [5.41, 5.74) is 2.20. The smallest absolute Gasteiger partial charge is 0.267 e. The van der Waals surface area contributed by atoms with Crippen LogP contribution in [0.4, 0.5) is 20.2 Å². The number of carbonyl (C=O) groups excluding carboxylic acids is 1. The zero-order chi connectivity index (χ0) is 21.3. The van der Waals surface area contributed by atoms with Crippen LogP contribution in [0.25, 0.3) is 0 Å². The predicted octanol–water partition coefficient (Wildman–Crippen LogP) is 4.36. The number of benzene rings is 3. The van der Waals surface area contributed by atoms with Crippen LogP contribution in [0.3, 0.4) is 0 Å². The molecule has 0 saturated heterocycles. The molecule has 1 aliphatic heterocycles. The number of nitrogens with zero attached hydrogens (tertiary/aromatic N) is 1. The van der Waals surface area contributed by atoms with Crippen molar-refractivity contribution in [2.24, 2.45) is 0 Å². The Morgan fingerprint density at radius 2 is 1.63 bits per heavy atom. The molecule has 0 saturated carbocycles. The van der Waals surface area contributed by atoms with Crippen molar-refractivity contribution in [2.75, 3.05) is 16.2 Å². The standard InChI is InChI=1S/C22H18F2N2O3S/c23-18-9-4-10-19(24)21(18)30(28,29)25-17-11-12-20-16(14-17)8-5-13-26(20)22(27)15-6-2-1-3-7-15/h1-4,6-7,9-12,14,25H,5,8,13H2. The van der Waals surface area contributed by atoms with Gasteiger partial charge in [0.1, 0.15) is 11.6 Å². The molecule has 8 heteroatoms. The van der Waals surface area contributed by atoms with Crippen molar-refractivity contribution >= 4 is 27.3 Å². The molecule has 5 nitrogen and oxygen atoms in total. The molecule has 154 valence electrons. The largest absolute Gasteiger partial charge is 0.308 e. The van der Waals surface area contributed by atoms with Gasteiger partial charge in [-0.05, 0) is 60.9 Å². The van der Waals surface area contributed by atoms with Gasteiger partial charge >= 0.3 is 0 Å². The first-order valence-corrected chi connectivity index (χ1v) is 10.8. The second kappa shape index (κ2) is 7.87. The highest BCUT2D eigenvalue weighted by atomic mass is 32.2. The van der Waals surface area contributed by atoms with Gasteiger partial charge in [0, 0.05) is 23.5 Å². The SMILES string of the molecule is O=C(c1ccccc1)N1CCCc2cc(NS(=O)(=O)c3c(F)cccc3F)ccc21. The summed E-state index contributed by atoms with van der Waals surface area (Å²) in [5, 5.41) is 0. The highest BCUT2D eigenvalue weighted by Crippen LogP contribution is 2.32. The second-order valence-electron chi connectivity index (χ2n) is 6.93. The Labute approximate surface area is 173 Å². The van der Waals surface area contributed by atoms with E-state index in [4.69, 9.17) is 0 Å². The Morgan fingerprint density at radius 1 is 0.933 bits per heavy atom. The van der Waals surface area contributed by atoms with Gasteiger partial charge in [-0.25, -0.2) is 17.2 Å². The maximum absolute atomic E-state index is 13.9. The number of sulfonamides is 1. The van der Waals surface area contributed by atoms with Gasteiger partial charge in [-0.3, -0.25) is 9.52 Å². The van der Waals surface area contributed by atoms with E-state index in [9.17, 15) is 22.0 Å². The normalized spacial score (nSPS) is 13.6. The predicted molar refractivity (Wildman–Crippen MR) is 110 cm³/mol. The summed E-state index contributed by atoms with van der Waals surface area (Å²) in [4.78, 5) is 13.5. The summed E-state index contributed by atoms with van der Waals surface area (Å²) >= 11 is 0. The molecule has 1 aliphatic rings. The van der Waals surface area contributed by atoms with Gasteiger partial charge < -0.3 is 4.90 Å². The molecule has 4 rings (SSSR count). The third-order valence-corrected chi connectivity index (χ3v) is 6.34. The Morgan fingerprint density at radius 3 is 2.33 bits per heavy atom. The van der Waals surface area contributed by atoms with Crippen LogP contribution in [0.15, 0.2) is 71.6 Å². The average Bonchev–Trinajstić information content (AvgIpc) is 2.72. The van der Waals surface area contributed by atoms with Crippen molar-refractivity contribution < 1.29 is 22.0 Å². The fraction of sp³-hybridized carbons (Fsp3) is 0.136. The van der Waals surface area contributed by atoms with Crippen LogP contribution >= 0.6 is 0 Å². The van der Waals surface area contributed by atoms with Gasteiger partial charge in [0.05, 0.1) is 0 Å². The molecule has 1 amide bonds. The molecule has 1 N–H and O–H groups in total. The number of anilines is 2. The summed E-state index contributed by atoms with van der Waals surface area (Å²) in [6.45, 7) is 0.548. The van der Waals surface area contributed by atoms with Gasteiger partial charge in [0.15, 0.2) is 4.90 Å². The summed E-state index contributed by atoms with van der Waals surface area (Å²) in [6.07, 6.45) is 1.36. The van der Waals surface area contributed by atoms with Gasteiger partial charge in [-0.1, -0.05) is 24.3 Å². The van der Waals surface area contributed by atoms with Crippen molar-refractivity contribution in [1.29, 1.82) is 0 Å². The zero-order valence-electron chi connectivity index (χ0n) is 15.8. The van der Waals surface area contributed by atoms with Crippen molar-refractivity contribution in [3.63, 3.8) is 0 Å². The van der Waals surface area contributed by atoms with Gasteiger partial charge in [-0.15, -0.1) is 0 Å². The number of aryl methyl sites for hydroxylation is 1. The first-order valence-electron chi connectivity index (χ1n) is 9.33. The molecule has 1 heterocycles. The van der Waals surface area contributed by atoms with E-state index in [0.717, 1.165) is 23.8 Å². The lowest BCUT2D eigenvalue weighted by Gasteiger charge is -2.30. The van der Waals surface area contributed by atoms with Crippen LogP contribution in [0.1, 0.15) is 22.3 Å². The van der Waals surface area contributed by atoms with Crippen LogP contribution in [-0.4, -0.2) is 20.9 Å². The van der Waals surface area contributed by atoms with Crippen LogP contribution in [0, 0.1) is 11.6 Å². The van der Waals surface area contributed by atoms with Crippen molar-refractivity contribution in [3.05, 3.63) is 89.5 Å². The number of rotatable bonds is 4. The molecular weight excluding hydrogens is 410 g/mol. The molecule has 0 bridgehead atoms. The number of fused-ring (bicyclic) bond motifs is 1. The molecular formula is C22H18F2N2O3S. The van der Waals surface area contributed by atoms with E-state index in [1.54, 1.807) is 41.3 Å². The van der Waals surface area contributed by atoms with E-state index in [0.29, 0.717) is 30.6 Å². The van der Waals surface area contributed by atoms with Gasteiger partial charge in [0.25, 0.3) is 15.9 Å². The van der Waals surface area contributed by atoms with Crippen molar-refractivity contribution in [2.45, 2.75) is 17.7 Å². The Hall–Kier alpha value is -3.26. The molecule has 0 unspecified atom stereocenters. The number of nitrogens with one attached hydrogen (secondary N) is 1. The molecule has 0 aliphatic carbocycles. The second-order valence-corrected chi connectivity index (χ2v) is 8.55. The lowest BCUT2D eigenvalue weighted by atomic mass is 10.00. The summed E-state index contributed by atoms with van der Waals surface area (Å²) in [5.74, 6) is -2.47. The first-order chi connectivity index (χ1) is 14.4. The van der Waals surface area contributed by atoms with E-state index < -0.39 is 26.6 Å². The quantitative estimate of drug-likeness (QED) is 0.672. The first kappa shape index (κ1) is 20.0. The molecule has 0 atom stereocenters. The number of halogens is 2. The monoisotopic (exact) mass is 428 g/mol. The van der Waals surface area contributed by atoms with Crippen LogP contribution in [0.5, 0.6) is 0 Å². The molecule has 30 heavy (non-hydrogen) atoms. The Kier molecular flexibility index (Phi) is 5.26. The number of hydrogen-bond donors (Lipinski definition) is 1. The summed E-state index contributed by atoms with van der Waals surface area (Å²) < 4.78 is 55.1. The topological polar surface area (TPSA) is 66.5 Å². The third-order valence-electron chi connectivity index (χ3n) is 4.90. The average molecular weight is 428 g/mol. The molecule has 0 radical (unpaired) electrons. The fourth-order valence-corrected chi connectivity index (χ4v) is 4.74. The maximum Gasteiger partial charge on any atom is 0.267 e. The summed E-state index contributed by atoms with van der Waals surface area (Å²) in [6, 6.07) is 16.5. The van der Waals surface area contributed by atoms with E-state index >= 15 is 0 Å². The number of hydrogen-bond acceptors (Lipinski definition) is 3. The van der Waals surface area contributed by atoms with E-state index in [-0.39, 0.29) is 11.6 Å². The molecule has 0 aromatic heterocycles. The van der Waals surface area contributed by atoms with Crippen LogP contribution < -0.4 is 9.62 Å². The van der Waals surface area contributed by atoms with Gasteiger partial charge in [0.2, 0.25) is 0 Å². The minimum atomic E-state index is -4.45. The fourth-order valence-electron chi connectivity index (χ4n) is 3.55.